The predicted octanol–water partition coefficient (Wildman–Crippen LogP) is 0.413. The average Bonchev–Trinajstić information content (AvgIpc) is 2.83. The van der Waals surface area contributed by atoms with Crippen LogP contribution in [0.2, 0.25) is 0 Å². The lowest BCUT2D eigenvalue weighted by Gasteiger charge is -2.01. The molecule has 0 bridgehead atoms. The van der Waals surface area contributed by atoms with Gasteiger partial charge in [-0.3, -0.25) is 14.2 Å². The Hall–Kier alpha value is -2.64. The number of anilines is 1. The number of hydrogen-bond acceptors (Lipinski definition) is 4. The molecule has 0 aliphatic rings. The van der Waals surface area contributed by atoms with E-state index in [1.807, 2.05) is 0 Å². The molecule has 2 heterocycles. The smallest absolute Gasteiger partial charge is 0.339 e. The molecule has 0 aromatic carbocycles. The maximum Gasteiger partial charge on any atom is 0.339 e. The quantitative estimate of drug-likeness (QED) is 0.835. The average molecular weight is 263 g/mol. The number of rotatable bonds is 3. The zero-order valence-corrected chi connectivity index (χ0v) is 10.7. The van der Waals surface area contributed by atoms with Crippen LogP contribution >= 0.6 is 0 Å². The van der Waals surface area contributed by atoms with Gasteiger partial charge in [0.25, 0.3) is 5.91 Å². The number of nitrogens with one attached hydrogen (secondary N) is 1. The van der Waals surface area contributed by atoms with E-state index in [4.69, 9.17) is 5.11 Å². The zero-order chi connectivity index (χ0) is 14.2. The van der Waals surface area contributed by atoms with Crippen molar-refractivity contribution < 1.29 is 14.7 Å². The Bertz CT molecular complexity index is 655. The van der Waals surface area contributed by atoms with Crippen molar-refractivity contribution in [3.8, 4) is 0 Å². The first-order chi connectivity index (χ1) is 8.88. The summed E-state index contributed by atoms with van der Waals surface area (Å²) in [5, 5.41) is 19.5. The van der Waals surface area contributed by atoms with E-state index in [0.717, 1.165) is 0 Å². The number of carboxylic acids is 1. The summed E-state index contributed by atoms with van der Waals surface area (Å²) in [6, 6.07) is 0. The van der Waals surface area contributed by atoms with Crippen molar-refractivity contribution >= 4 is 17.6 Å². The maximum absolute atomic E-state index is 12.0. The number of aryl methyl sites for hydroxylation is 3. The Balaban J connectivity index is 2.30. The SMILES string of the molecule is Cc1nn(C)cc1NC(=O)c1nn(C)cc1C(=O)O. The third-order valence-corrected chi connectivity index (χ3v) is 2.54. The van der Waals surface area contributed by atoms with E-state index in [1.165, 1.54) is 10.9 Å². The molecular formula is C11H13N5O3. The number of carboxylic acid groups (broad SMARTS) is 1. The van der Waals surface area contributed by atoms with E-state index >= 15 is 0 Å². The molecule has 19 heavy (non-hydrogen) atoms. The summed E-state index contributed by atoms with van der Waals surface area (Å²) in [6.45, 7) is 1.74. The van der Waals surface area contributed by atoms with E-state index in [9.17, 15) is 9.59 Å². The topological polar surface area (TPSA) is 102 Å². The van der Waals surface area contributed by atoms with Gasteiger partial charge in [-0.05, 0) is 6.92 Å². The van der Waals surface area contributed by atoms with Crippen LogP contribution in [0.3, 0.4) is 0 Å². The maximum atomic E-state index is 12.0. The van der Waals surface area contributed by atoms with Crippen LogP contribution < -0.4 is 5.32 Å². The van der Waals surface area contributed by atoms with Crippen LogP contribution in [0.25, 0.3) is 0 Å². The van der Waals surface area contributed by atoms with Gasteiger partial charge >= 0.3 is 5.97 Å². The number of amides is 1. The summed E-state index contributed by atoms with van der Waals surface area (Å²) in [7, 11) is 3.28. The highest BCUT2D eigenvalue weighted by Crippen LogP contribution is 2.14. The molecule has 0 unspecified atom stereocenters. The van der Waals surface area contributed by atoms with Gasteiger partial charge in [0.15, 0.2) is 5.69 Å². The van der Waals surface area contributed by atoms with Crippen molar-refractivity contribution in [1.29, 1.82) is 0 Å². The summed E-state index contributed by atoms with van der Waals surface area (Å²) >= 11 is 0. The lowest BCUT2D eigenvalue weighted by molar-refractivity contribution is 0.0692. The van der Waals surface area contributed by atoms with Crippen LogP contribution in [-0.2, 0) is 14.1 Å². The highest BCUT2D eigenvalue weighted by atomic mass is 16.4. The summed E-state index contributed by atoms with van der Waals surface area (Å²) < 4.78 is 2.84. The molecule has 2 rings (SSSR count). The molecular weight excluding hydrogens is 250 g/mol. The van der Waals surface area contributed by atoms with Crippen LogP contribution in [0.4, 0.5) is 5.69 Å². The number of aromatic carboxylic acids is 1. The molecule has 8 heteroatoms. The van der Waals surface area contributed by atoms with Gasteiger partial charge in [-0.15, -0.1) is 0 Å². The largest absolute Gasteiger partial charge is 0.478 e. The van der Waals surface area contributed by atoms with E-state index in [1.54, 1.807) is 31.9 Å². The minimum Gasteiger partial charge on any atom is -0.478 e. The lowest BCUT2D eigenvalue weighted by Crippen LogP contribution is -2.16. The third-order valence-electron chi connectivity index (χ3n) is 2.54. The van der Waals surface area contributed by atoms with E-state index in [-0.39, 0.29) is 11.3 Å². The van der Waals surface area contributed by atoms with Gasteiger partial charge in [-0.1, -0.05) is 0 Å². The Morgan fingerprint density at radius 3 is 2.37 bits per heavy atom. The summed E-state index contributed by atoms with van der Waals surface area (Å²) in [5.41, 5.74) is 0.901. The second-order valence-electron chi connectivity index (χ2n) is 4.13. The second kappa shape index (κ2) is 4.56. The van der Waals surface area contributed by atoms with Crippen molar-refractivity contribution in [1.82, 2.24) is 19.6 Å². The van der Waals surface area contributed by atoms with Crippen molar-refractivity contribution in [2.75, 3.05) is 5.32 Å². The standard InChI is InChI=1S/C11H13N5O3/c1-6-8(5-16(3)13-6)12-10(17)9-7(11(18)19)4-15(2)14-9/h4-5H,1-3H3,(H,12,17)(H,18,19). The molecule has 0 fully saturated rings. The molecule has 100 valence electrons. The highest BCUT2D eigenvalue weighted by molar-refractivity contribution is 6.09. The second-order valence-corrected chi connectivity index (χ2v) is 4.13. The van der Waals surface area contributed by atoms with Crippen LogP contribution in [0, 0.1) is 6.92 Å². The highest BCUT2D eigenvalue weighted by Gasteiger charge is 2.21. The fourth-order valence-corrected chi connectivity index (χ4v) is 1.72. The minimum absolute atomic E-state index is 0.127. The van der Waals surface area contributed by atoms with Crippen molar-refractivity contribution in [3.63, 3.8) is 0 Å². The molecule has 0 radical (unpaired) electrons. The normalized spacial score (nSPS) is 10.5. The fourth-order valence-electron chi connectivity index (χ4n) is 1.72. The van der Waals surface area contributed by atoms with Crippen LogP contribution in [-0.4, -0.2) is 36.5 Å². The Labute approximate surface area is 108 Å². The third kappa shape index (κ3) is 2.46. The van der Waals surface area contributed by atoms with Gasteiger partial charge in [-0.25, -0.2) is 4.79 Å². The molecule has 0 aliphatic carbocycles. The van der Waals surface area contributed by atoms with Crippen LogP contribution in [0.1, 0.15) is 26.5 Å². The lowest BCUT2D eigenvalue weighted by atomic mass is 10.2. The number of aromatic nitrogens is 4. The predicted molar refractivity (Wildman–Crippen MR) is 66.1 cm³/mol. The van der Waals surface area contributed by atoms with Crippen molar-refractivity contribution in [3.05, 3.63) is 29.3 Å². The fraction of sp³-hybridized carbons (Fsp3) is 0.273. The van der Waals surface area contributed by atoms with Crippen molar-refractivity contribution in [2.24, 2.45) is 14.1 Å². The first-order valence-electron chi connectivity index (χ1n) is 5.47. The van der Waals surface area contributed by atoms with Crippen molar-refractivity contribution in [2.45, 2.75) is 6.92 Å². The molecule has 2 aromatic heterocycles. The molecule has 0 spiro atoms. The number of carbonyl (C=O) groups excluding carboxylic acids is 1. The molecule has 8 nitrogen and oxygen atoms in total. The summed E-state index contributed by atoms with van der Waals surface area (Å²) in [6.07, 6.45) is 2.92. The van der Waals surface area contributed by atoms with E-state index in [0.29, 0.717) is 11.4 Å². The molecule has 0 saturated heterocycles. The summed E-state index contributed by atoms with van der Waals surface area (Å²) in [5.74, 6) is -1.77. The molecule has 0 aliphatic heterocycles. The Kier molecular flexibility index (Phi) is 3.07. The van der Waals surface area contributed by atoms with Gasteiger partial charge in [0.05, 0.1) is 11.4 Å². The van der Waals surface area contributed by atoms with E-state index in [2.05, 4.69) is 15.5 Å². The van der Waals surface area contributed by atoms with E-state index < -0.39 is 11.9 Å². The van der Waals surface area contributed by atoms with Gasteiger partial charge in [-0.2, -0.15) is 10.2 Å². The van der Waals surface area contributed by atoms with Crippen LogP contribution in [0.15, 0.2) is 12.4 Å². The summed E-state index contributed by atoms with van der Waals surface area (Å²) in [4.78, 5) is 23.0. The molecule has 0 saturated carbocycles. The van der Waals surface area contributed by atoms with Gasteiger partial charge in [0.1, 0.15) is 5.56 Å². The van der Waals surface area contributed by atoms with Gasteiger partial charge in [0, 0.05) is 26.5 Å². The van der Waals surface area contributed by atoms with Gasteiger partial charge < -0.3 is 10.4 Å². The number of carbonyl (C=O) groups is 2. The molecule has 0 atom stereocenters. The monoisotopic (exact) mass is 263 g/mol. The Morgan fingerprint density at radius 2 is 1.84 bits per heavy atom. The number of hydrogen-bond donors (Lipinski definition) is 2. The Morgan fingerprint density at radius 1 is 1.21 bits per heavy atom. The van der Waals surface area contributed by atoms with Crippen LogP contribution in [0.5, 0.6) is 0 Å². The number of nitrogens with zero attached hydrogens (tertiary/aromatic N) is 4. The molecule has 2 aromatic rings. The molecule has 1 amide bonds. The minimum atomic E-state index is -1.19. The first-order valence-corrected chi connectivity index (χ1v) is 5.47. The molecule has 2 N–H and O–H groups in total. The zero-order valence-electron chi connectivity index (χ0n) is 10.7. The van der Waals surface area contributed by atoms with Gasteiger partial charge in [0.2, 0.25) is 0 Å². The first kappa shape index (κ1) is 12.8.